The van der Waals surface area contributed by atoms with Crippen molar-refractivity contribution in [1.29, 1.82) is 0 Å². The summed E-state index contributed by atoms with van der Waals surface area (Å²) in [6, 6.07) is 8.02. The molecule has 0 spiro atoms. The Morgan fingerprint density at radius 3 is 2.74 bits per heavy atom. The van der Waals surface area contributed by atoms with E-state index in [2.05, 4.69) is 32.6 Å². The summed E-state index contributed by atoms with van der Waals surface area (Å²) >= 11 is 0. The normalized spacial score (nSPS) is 21.7. The molecule has 1 aliphatic carbocycles. The number of carbonyl (C=O) groups excluding carboxylic acids is 1. The summed E-state index contributed by atoms with van der Waals surface area (Å²) in [4.78, 5) is 12.9. The van der Waals surface area contributed by atoms with Crippen LogP contribution >= 0.6 is 0 Å². The number of aryl methyl sites for hydroxylation is 1. The number of ketones is 1. The van der Waals surface area contributed by atoms with Crippen LogP contribution in [0.5, 0.6) is 0 Å². The number of allylic oxidation sites excluding steroid dienone is 3. The largest absolute Gasteiger partial charge is 0.294 e. The molecular formula is C18H22O. The molecule has 1 aliphatic rings. The molecule has 1 unspecified atom stereocenters. The van der Waals surface area contributed by atoms with Gasteiger partial charge in [-0.25, -0.2) is 0 Å². The fraction of sp³-hybridized carbons (Fsp3) is 0.389. The fourth-order valence-electron chi connectivity index (χ4n) is 2.88. The molecule has 0 bridgehead atoms. The number of Topliss-reactive ketones (excluding diaryl/α,β-unsaturated/α-hetero) is 1. The van der Waals surface area contributed by atoms with Gasteiger partial charge in [0.25, 0.3) is 0 Å². The Morgan fingerprint density at radius 1 is 1.32 bits per heavy atom. The Morgan fingerprint density at radius 2 is 2.05 bits per heavy atom. The molecule has 0 aromatic heterocycles. The van der Waals surface area contributed by atoms with Crippen molar-refractivity contribution in [2.45, 2.75) is 39.5 Å². The van der Waals surface area contributed by atoms with Gasteiger partial charge in [-0.2, -0.15) is 0 Å². The van der Waals surface area contributed by atoms with Gasteiger partial charge in [0, 0.05) is 11.0 Å². The lowest BCUT2D eigenvalue weighted by atomic mass is 9.66. The van der Waals surface area contributed by atoms with E-state index in [9.17, 15) is 4.79 Å². The van der Waals surface area contributed by atoms with Gasteiger partial charge in [0.15, 0.2) is 5.78 Å². The minimum absolute atomic E-state index is 0.270. The van der Waals surface area contributed by atoms with Gasteiger partial charge in [0.05, 0.1) is 0 Å². The summed E-state index contributed by atoms with van der Waals surface area (Å²) in [5.41, 5.74) is 3.12. The van der Waals surface area contributed by atoms with Crippen LogP contribution < -0.4 is 0 Å². The molecular weight excluding hydrogens is 232 g/mol. The van der Waals surface area contributed by atoms with Gasteiger partial charge in [-0.05, 0) is 45.1 Å². The van der Waals surface area contributed by atoms with Gasteiger partial charge in [0.1, 0.15) is 0 Å². The number of hydrogen-bond acceptors (Lipinski definition) is 1. The van der Waals surface area contributed by atoms with Crippen LogP contribution in [0.1, 0.15) is 49.0 Å². The summed E-state index contributed by atoms with van der Waals surface area (Å²) in [5, 5.41) is 0. The maximum absolute atomic E-state index is 12.9. The van der Waals surface area contributed by atoms with E-state index >= 15 is 0 Å². The van der Waals surface area contributed by atoms with Gasteiger partial charge in [-0.1, -0.05) is 42.0 Å². The van der Waals surface area contributed by atoms with Crippen LogP contribution in [0, 0.1) is 5.41 Å². The van der Waals surface area contributed by atoms with Crippen molar-refractivity contribution in [1.82, 2.24) is 0 Å². The standard InChI is InChI=1S/C18H22O/c1-4-11-18(12-9-14(2)3)13-10-15-7-5-6-8-16(15)17(18)19/h4-9H,1,10-13H2,2-3H3. The Balaban J connectivity index is 2.38. The van der Waals surface area contributed by atoms with E-state index in [0.29, 0.717) is 5.78 Å². The predicted octanol–water partition coefficient (Wildman–Crippen LogP) is 4.73. The summed E-state index contributed by atoms with van der Waals surface area (Å²) in [7, 11) is 0. The second kappa shape index (κ2) is 5.56. The van der Waals surface area contributed by atoms with Gasteiger partial charge < -0.3 is 0 Å². The van der Waals surface area contributed by atoms with Gasteiger partial charge >= 0.3 is 0 Å². The Bertz CT molecular complexity index is 520. The second-order valence-electron chi connectivity index (χ2n) is 5.74. The zero-order chi connectivity index (χ0) is 13.9. The van der Waals surface area contributed by atoms with E-state index < -0.39 is 0 Å². The molecule has 0 saturated heterocycles. The first kappa shape index (κ1) is 13.8. The number of fused-ring (bicyclic) bond motifs is 1. The molecule has 1 nitrogen and oxygen atoms in total. The second-order valence-corrected chi connectivity index (χ2v) is 5.74. The third-order valence-corrected chi connectivity index (χ3v) is 4.05. The lowest BCUT2D eigenvalue weighted by molar-refractivity contribution is 0.0762. The summed E-state index contributed by atoms with van der Waals surface area (Å²) < 4.78 is 0. The summed E-state index contributed by atoms with van der Waals surface area (Å²) in [6.45, 7) is 8.02. The van der Waals surface area contributed by atoms with Gasteiger partial charge in [0.2, 0.25) is 0 Å². The van der Waals surface area contributed by atoms with E-state index in [4.69, 9.17) is 0 Å². The number of rotatable bonds is 4. The Labute approximate surface area is 116 Å². The van der Waals surface area contributed by atoms with Crippen LogP contribution in [-0.2, 0) is 6.42 Å². The third kappa shape index (κ3) is 2.70. The quantitative estimate of drug-likeness (QED) is 0.710. The highest BCUT2D eigenvalue weighted by atomic mass is 16.1. The maximum Gasteiger partial charge on any atom is 0.169 e. The van der Waals surface area contributed by atoms with E-state index in [1.165, 1.54) is 11.1 Å². The van der Waals surface area contributed by atoms with E-state index in [1.807, 2.05) is 24.3 Å². The lowest BCUT2D eigenvalue weighted by Crippen LogP contribution is -2.35. The summed E-state index contributed by atoms with van der Waals surface area (Å²) in [6.07, 6.45) is 7.60. The smallest absolute Gasteiger partial charge is 0.169 e. The van der Waals surface area contributed by atoms with Crippen molar-refractivity contribution in [3.63, 3.8) is 0 Å². The average molecular weight is 254 g/mol. The SMILES string of the molecule is C=CCC1(CC=C(C)C)CCc2ccccc2C1=O. The fourth-order valence-corrected chi connectivity index (χ4v) is 2.88. The predicted molar refractivity (Wildman–Crippen MR) is 80.4 cm³/mol. The zero-order valence-corrected chi connectivity index (χ0v) is 11.9. The zero-order valence-electron chi connectivity index (χ0n) is 11.9. The molecule has 0 aliphatic heterocycles. The van der Waals surface area contributed by atoms with Crippen LogP contribution in [0.15, 0.2) is 48.6 Å². The van der Waals surface area contributed by atoms with Crippen molar-refractivity contribution < 1.29 is 4.79 Å². The van der Waals surface area contributed by atoms with Gasteiger partial charge in [-0.15, -0.1) is 6.58 Å². The van der Waals surface area contributed by atoms with Crippen LogP contribution in [0.3, 0.4) is 0 Å². The molecule has 1 aromatic carbocycles. The van der Waals surface area contributed by atoms with Crippen LogP contribution in [0.25, 0.3) is 0 Å². The molecule has 0 fully saturated rings. The number of carbonyl (C=O) groups is 1. The van der Waals surface area contributed by atoms with Crippen molar-refractivity contribution in [2.24, 2.45) is 5.41 Å². The maximum atomic E-state index is 12.9. The van der Waals surface area contributed by atoms with Crippen molar-refractivity contribution >= 4 is 5.78 Å². The molecule has 1 aromatic rings. The van der Waals surface area contributed by atoms with E-state index in [-0.39, 0.29) is 5.41 Å². The van der Waals surface area contributed by atoms with Crippen LogP contribution in [-0.4, -0.2) is 5.78 Å². The first-order chi connectivity index (χ1) is 9.09. The number of hydrogen-bond donors (Lipinski definition) is 0. The molecule has 0 saturated carbocycles. The monoisotopic (exact) mass is 254 g/mol. The molecule has 0 heterocycles. The molecule has 1 heteroatoms. The summed E-state index contributed by atoms with van der Waals surface area (Å²) in [5.74, 6) is 0.298. The first-order valence-electron chi connectivity index (χ1n) is 6.96. The third-order valence-electron chi connectivity index (χ3n) is 4.05. The Hall–Kier alpha value is -1.63. The molecule has 0 amide bonds. The highest BCUT2D eigenvalue weighted by Crippen LogP contribution is 2.41. The molecule has 100 valence electrons. The number of benzene rings is 1. The average Bonchev–Trinajstić information content (AvgIpc) is 2.41. The minimum atomic E-state index is -0.270. The van der Waals surface area contributed by atoms with Crippen molar-refractivity contribution in [3.05, 3.63) is 59.7 Å². The molecule has 0 radical (unpaired) electrons. The molecule has 19 heavy (non-hydrogen) atoms. The van der Waals surface area contributed by atoms with E-state index in [0.717, 1.165) is 31.2 Å². The van der Waals surface area contributed by atoms with Crippen LogP contribution in [0.2, 0.25) is 0 Å². The van der Waals surface area contributed by atoms with E-state index in [1.54, 1.807) is 0 Å². The highest BCUT2D eigenvalue weighted by Gasteiger charge is 2.40. The topological polar surface area (TPSA) is 17.1 Å². The highest BCUT2D eigenvalue weighted by molar-refractivity contribution is 6.03. The molecule has 1 atom stereocenters. The van der Waals surface area contributed by atoms with Crippen LogP contribution in [0.4, 0.5) is 0 Å². The Kier molecular flexibility index (Phi) is 4.04. The van der Waals surface area contributed by atoms with Crippen molar-refractivity contribution in [2.75, 3.05) is 0 Å². The molecule has 2 rings (SSSR count). The first-order valence-corrected chi connectivity index (χ1v) is 6.96. The lowest BCUT2D eigenvalue weighted by Gasteiger charge is -2.35. The van der Waals surface area contributed by atoms with Crippen molar-refractivity contribution in [3.8, 4) is 0 Å². The van der Waals surface area contributed by atoms with Gasteiger partial charge in [-0.3, -0.25) is 4.79 Å². The minimum Gasteiger partial charge on any atom is -0.294 e. The molecule has 0 N–H and O–H groups in total.